The van der Waals surface area contributed by atoms with Gasteiger partial charge in [-0.2, -0.15) is 0 Å². The predicted molar refractivity (Wildman–Crippen MR) is 251 cm³/mol. The van der Waals surface area contributed by atoms with Crippen LogP contribution in [0.15, 0.2) is 66.6 Å². The van der Waals surface area contributed by atoms with Gasteiger partial charge in [0.05, 0.1) is 64.2 Å². The second-order valence-electron chi connectivity index (χ2n) is 18.3. The molecule has 0 saturated heterocycles. The number of ketones is 1. The Bertz CT molecular complexity index is 2820. The Labute approximate surface area is 403 Å². The zero-order valence-corrected chi connectivity index (χ0v) is 40.2. The van der Waals surface area contributed by atoms with Crippen LogP contribution < -0.4 is 15.4 Å². The quantitative estimate of drug-likeness (QED) is 0.0536. The Kier molecular flexibility index (Phi) is 14.5. The molecule has 70 heavy (non-hydrogen) atoms. The summed E-state index contributed by atoms with van der Waals surface area (Å²) in [5.74, 6) is -9.87. The minimum Gasteiger partial charge on any atom is -0.507 e. The molecule has 9 atom stereocenters. The molecule has 0 fully saturated rings. The number of nitrogens with zero attached hydrogens (tertiary/aromatic N) is 4. The number of aliphatic hydroxyl groups excluding tert-OH is 2. The number of allylic oxidation sites excluding steroid dienone is 2. The summed E-state index contributed by atoms with van der Waals surface area (Å²) >= 11 is 0. The smallest absolute Gasteiger partial charge is 0.312 e. The number of carbonyl (C=O) groups excluding carboxylic acids is 5. The summed E-state index contributed by atoms with van der Waals surface area (Å²) in [5, 5.41) is 72.3. The third kappa shape index (κ3) is 9.34. The second-order valence-corrected chi connectivity index (χ2v) is 18.3. The molecule has 0 aliphatic carbocycles. The number of ether oxygens (including phenoxy) is 4. The summed E-state index contributed by atoms with van der Waals surface area (Å²) in [7, 11) is 1.42. The molecule has 7 N–H and O–H groups in total. The van der Waals surface area contributed by atoms with Crippen molar-refractivity contribution in [3.8, 4) is 23.0 Å². The summed E-state index contributed by atoms with van der Waals surface area (Å²) in [4.78, 5) is 67.9. The fourth-order valence-electron chi connectivity index (χ4n) is 9.28. The van der Waals surface area contributed by atoms with E-state index in [-0.39, 0.29) is 75.4 Å². The molecule has 1 aromatic heterocycles. The van der Waals surface area contributed by atoms with Gasteiger partial charge in [0.1, 0.15) is 30.0 Å². The molecule has 5 heterocycles. The van der Waals surface area contributed by atoms with Crippen molar-refractivity contribution in [2.24, 2.45) is 23.7 Å². The number of fused-ring (bicyclic) bond motifs is 15. The van der Waals surface area contributed by atoms with Gasteiger partial charge in [-0.1, -0.05) is 63.3 Å². The fourth-order valence-corrected chi connectivity index (χ4v) is 9.28. The first kappa shape index (κ1) is 50.7. The van der Waals surface area contributed by atoms with Crippen molar-refractivity contribution in [1.29, 1.82) is 0 Å². The number of hydrogen-bond acceptors (Lipinski definition) is 17. The molecule has 4 aliphatic heterocycles. The number of hydrogen-bond donors (Lipinski definition) is 7. The number of benzene rings is 3. The first-order valence-electron chi connectivity index (χ1n) is 22.7. The van der Waals surface area contributed by atoms with E-state index in [0.29, 0.717) is 5.69 Å². The van der Waals surface area contributed by atoms with E-state index in [1.807, 2.05) is 0 Å². The zero-order valence-electron chi connectivity index (χ0n) is 40.2. The largest absolute Gasteiger partial charge is 0.507 e. The molecule has 0 saturated carbocycles. The van der Waals surface area contributed by atoms with Crippen molar-refractivity contribution in [2.45, 2.75) is 105 Å². The van der Waals surface area contributed by atoms with Crippen LogP contribution >= 0.6 is 0 Å². The van der Waals surface area contributed by atoms with Crippen LogP contribution in [-0.2, 0) is 43.6 Å². The van der Waals surface area contributed by atoms with Crippen LogP contribution in [0.4, 0.5) is 5.69 Å². The summed E-state index contributed by atoms with van der Waals surface area (Å²) in [6.45, 7) is 11.8. The Morgan fingerprint density at radius 1 is 0.900 bits per heavy atom. The maximum Gasteiger partial charge on any atom is 0.312 e. The topological polar surface area (TPSA) is 281 Å². The highest BCUT2D eigenvalue weighted by Gasteiger charge is 2.50. The highest BCUT2D eigenvalue weighted by atomic mass is 16.7. The summed E-state index contributed by atoms with van der Waals surface area (Å²) in [6.07, 6.45) is 4.76. The molecule has 372 valence electrons. The normalized spacial score (nSPS) is 28.0. The predicted octanol–water partition coefficient (Wildman–Crippen LogP) is 4.89. The molecule has 0 radical (unpaired) electrons. The van der Waals surface area contributed by atoms with Crippen LogP contribution in [0.3, 0.4) is 0 Å². The van der Waals surface area contributed by atoms with Crippen molar-refractivity contribution < 1.29 is 68.5 Å². The number of aromatic hydroxyl groups is 3. The first-order chi connectivity index (χ1) is 33.1. The Morgan fingerprint density at radius 2 is 1.57 bits per heavy atom. The summed E-state index contributed by atoms with van der Waals surface area (Å²) in [6, 6.07) is 6.46. The number of imide groups is 1. The lowest BCUT2D eigenvalue weighted by molar-refractivity contribution is -0.160. The van der Waals surface area contributed by atoms with Gasteiger partial charge >= 0.3 is 11.8 Å². The molecule has 3 amide bonds. The standard InChI is InChI=1S/C50H58N6O14/c1-23-13-12-14-24(2)47(64)52-38-33(20-51-19-30-21-55(54-53-30)22-56-48(65)31-15-10-11-16-32(31)49(56)66)42(61)35-36(43(38)62)41(60)28(6)45-37(35)46(63)50(8,70-45)68-18-17-34(67-9)25(3)44(69-29(7)57)27(5)40(59)26(4)39(23)58/h10-18,21,23,25-27,34,39-40,44,51,58-62H,19-20,22H2,1-9H3,(H,52,64)/b13-12+,18-17+,24-14-/t23-,25+,26+,27+,34-,39-,40+,44+,50-/m0/s1. The van der Waals surface area contributed by atoms with Crippen molar-refractivity contribution in [3.63, 3.8) is 0 Å². The number of phenols is 3. The van der Waals surface area contributed by atoms with Crippen molar-refractivity contribution in [2.75, 3.05) is 12.4 Å². The Balaban J connectivity index is 1.27. The Morgan fingerprint density at radius 3 is 2.21 bits per heavy atom. The van der Waals surface area contributed by atoms with Crippen LogP contribution in [0.2, 0.25) is 0 Å². The average molecular weight is 967 g/mol. The number of Topliss-reactive ketones (excluding diaryl/α,β-unsaturated/α-hetero) is 1. The number of anilines is 1. The average Bonchev–Trinajstić information content (AvgIpc) is 3.97. The molecule has 4 aliphatic rings. The fraction of sp³-hybridized carbons (Fsp3) is 0.420. The molecule has 8 rings (SSSR count). The van der Waals surface area contributed by atoms with E-state index < -0.39 is 101 Å². The van der Waals surface area contributed by atoms with Gasteiger partial charge in [0.25, 0.3) is 23.5 Å². The number of aromatic nitrogens is 3. The number of phenolic OH excluding ortho intramolecular Hbond substituents is 3. The summed E-state index contributed by atoms with van der Waals surface area (Å²) < 4.78 is 25.0. The molecule has 20 nitrogen and oxygen atoms in total. The lowest BCUT2D eigenvalue weighted by atomic mass is 9.78. The third-order valence-corrected chi connectivity index (χ3v) is 13.5. The van der Waals surface area contributed by atoms with Crippen LogP contribution in [-0.4, -0.2) is 112 Å². The number of nitrogens with one attached hydrogen (secondary N) is 2. The SMILES string of the molecule is CO[C@H]1/C=C/O[C@@]2(C)Oc3c(C)c(O)c4c(O)c(c(CNCc5cn(CN6C(=O)c7ccccc7C6=O)nn5)c(O)c4c3C2=O)NC(=O)/C(C)=C\C=C\[C@H](C)[C@H](O)[C@@H](C)[C@@H](O)[C@@H](C)[C@H](OC(C)=O)[C@@H]1C. The number of amides is 3. The van der Waals surface area contributed by atoms with Gasteiger partial charge in [0.15, 0.2) is 5.75 Å². The molecule has 0 unspecified atom stereocenters. The van der Waals surface area contributed by atoms with Gasteiger partial charge in [-0.3, -0.25) is 28.9 Å². The maximum atomic E-state index is 14.6. The first-order valence-corrected chi connectivity index (χ1v) is 22.7. The van der Waals surface area contributed by atoms with Gasteiger partial charge in [0, 0.05) is 79.8 Å². The monoisotopic (exact) mass is 966 g/mol. The number of aliphatic hydroxyl groups is 2. The van der Waals surface area contributed by atoms with E-state index in [1.165, 1.54) is 64.1 Å². The van der Waals surface area contributed by atoms with Crippen LogP contribution in [0.25, 0.3) is 10.8 Å². The van der Waals surface area contributed by atoms with Gasteiger partial charge in [-0.25, -0.2) is 4.68 Å². The summed E-state index contributed by atoms with van der Waals surface area (Å²) in [5.41, 5.74) is 0.360. The Hall–Kier alpha value is -7.13. The molecule has 4 aromatic rings. The lowest BCUT2D eigenvalue weighted by Crippen LogP contribution is -2.46. The van der Waals surface area contributed by atoms with E-state index in [9.17, 15) is 49.5 Å². The van der Waals surface area contributed by atoms with Gasteiger partial charge in [-0.05, 0) is 32.1 Å². The van der Waals surface area contributed by atoms with Gasteiger partial charge in [0.2, 0.25) is 0 Å². The van der Waals surface area contributed by atoms with E-state index in [0.717, 1.165) is 4.90 Å². The lowest BCUT2D eigenvalue weighted by Gasteiger charge is -2.38. The van der Waals surface area contributed by atoms with Crippen LogP contribution in [0, 0.1) is 30.6 Å². The molecular formula is C50H58N6O14. The maximum absolute atomic E-state index is 14.6. The minimum atomic E-state index is -2.11. The van der Waals surface area contributed by atoms with Gasteiger partial charge < -0.3 is 55.1 Å². The number of esters is 1. The van der Waals surface area contributed by atoms with E-state index in [1.54, 1.807) is 64.1 Å². The minimum absolute atomic E-state index is 0.00623. The van der Waals surface area contributed by atoms with Gasteiger partial charge in [-0.15, -0.1) is 5.10 Å². The van der Waals surface area contributed by atoms with E-state index >= 15 is 0 Å². The van der Waals surface area contributed by atoms with Crippen LogP contribution in [0.5, 0.6) is 23.0 Å². The molecule has 5 bridgehead atoms. The highest BCUT2D eigenvalue weighted by molar-refractivity contribution is 6.22. The zero-order chi connectivity index (χ0) is 51.1. The van der Waals surface area contributed by atoms with Crippen molar-refractivity contribution >= 4 is 45.9 Å². The van der Waals surface area contributed by atoms with E-state index in [2.05, 4.69) is 20.9 Å². The third-order valence-electron chi connectivity index (χ3n) is 13.5. The second kappa shape index (κ2) is 20.1. The number of carbonyl (C=O) groups is 5. The van der Waals surface area contributed by atoms with E-state index in [4.69, 9.17) is 18.9 Å². The number of rotatable bonds is 8. The molecule has 3 aromatic carbocycles. The number of methoxy groups -OCH3 is 1. The molecular weight excluding hydrogens is 909 g/mol. The van der Waals surface area contributed by atoms with Crippen LogP contribution in [0.1, 0.15) is 96.4 Å². The van der Waals surface area contributed by atoms with Crippen molar-refractivity contribution in [3.05, 3.63) is 100 Å². The molecule has 20 heteroatoms. The highest BCUT2D eigenvalue weighted by Crippen LogP contribution is 2.55. The molecule has 0 spiro atoms. The van der Waals surface area contributed by atoms with Crippen molar-refractivity contribution in [1.82, 2.24) is 25.2 Å².